The fourth-order valence-corrected chi connectivity index (χ4v) is 4.65. The topological polar surface area (TPSA) is 26.3 Å². The summed E-state index contributed by atoms with van der Waals surface area (Å²) in [7, 11) is 0. The SMILES string of the molecule is C=C(C)C(=O)OC(F)(F)C(F)(F)C(F)(F)C(F)(F)C(F)(F)C(F)(F)C(F)(F)C(F)(F)C(F)(F)C1(F)C(F)(F)C(F)(F)C(F)(F)C(F)(F)C(F)(F)C(F)(F)C(F)(F)C(F)(F)C(F)(F)C(F)(F)C1(F)F. The summed E-state index contributed by atoms with van der Waals surface area (Å²) in [6, 6.07) is 0. The van der Waals surface area contributed by atoms with Crippen LogP contribution in [0, 0.1) is 0 Å². The molecule has 0 bridgehead atoms. The molecule has 0 aliphatic heterocycles. The summed E-state index contributed by atoms with van der Waals surface area (Å²) in [5.74, 6) is -206. The Hall–Kier alpha value is -3.66. The minimum absolute atomic E-state index is 0.0342. The summed E-state index contributed by atoms with van der Waals surface area (Å²) in [5, 5.41) is 0. The van der Waals surface area contributed by atoms with Gasteiger partial charge in [0.05, 0.1) is 0 Å². The lowest BCUT2D eigenvalue weighted by Gasteiger charge is -2.53. The number of hydrogen-bond donors (Lipinski definition) is 0. The van der Waals surface area contributed by atoms with Crippen molar-refractivity contribution >= 4 is 5.97 Å². The molecule has 0 aromatic heterocycles. The van der Waals surface area contributed by atoms with Crippen LogP contribution in [0.2, 0.25) is 0 Å². The average molecular weight is 1120 g/mol. The van der Waals surface area contributed by atoms with Crippen LogP contribution in [-0.2, 0) is 9.53 Å². The maximum absolute atomic E-state index is 15.6. The molecule has 0 N–H and O–H groups in total. The second-order valence-corrected chi connectivity index (χ2v) is 13.3. The Balaban J connectivity index is 4.88. The van der Waals surface area contributed by atoms with Crippen molar-refractivity contribution in [2.45, 2.75) is 131 Å². The number of esters is 1. The molecule has 0 aromatic carbocycles. The predicted octanol–water partition coefficient (Wildman–Crippen LogP) is 13.5. The molecule has 1 saturated carbocycles. The number of halogens is 41. The van der Waals surface area contributed by atoms with Crippen molar-refractivity contribution in [3.05, 3.63) is 12.2 Å². The predicted molar refractivity (Wildman–Crippen MR) is 124 cm³/mol. The van der Waals surface area contributed by atoms with Crippen molar-refractivity contribution in [3.8, 4) is 0 Å². The van der Waals surface area contributed by atoms with Crippen molar-refractivity contribution < 1.29 is 190 Å². The summed E-state index contributed by atoms with van der Waals surface area (Å²) in [4.78, 5) is 11.0. The van der Waals surface area contributed by atoms with E-state index in [4.69, 9.17) is 0 Å². The highest BCUT2D eigenvalue weighted by molar-refractivity contribution is 5.87. The standard InChI is InChI=1S/C25H5F41O2/c1-3(2)4(67)68-25(65,66)24(63,64)23(61,62)22(59,60)21(57,58)17(49,50)14(43,44)11(37,38)8(31,32)5(26)6(27,28)9(33,34)12(39,40)15(45,46)18(51,52)20(55,56)19(53,54)16(47,48)13(41,42)10(35,36)7(5,29)30/h1H2,2H3. The van der Waals surface area contributed by atoms with Crippen LogP contribution in [-0.4, -0.2) is 130 Å². The lowest BCUT2D eigenvalue weighted by molar-refractivity contribution is -0.520. The monoisotopic (exact) mass is 1120 g/mol. The zero-order valence-electron chi connectivity index (χ0n) is 29.5. The van der Waals surface area contributed by atoms with Crippen LogP contribution >= 0.6 is 0 Å². The Bertz CT molecular complexity index is 1900. The van der Waals surface area contributed by atoms with Crippen LogP contribution in [0.25, 0.3) is 0 Å². The average Bonchev–Trinajstić information content (AvgIpc) is 3.11. The normalized spacial score (nSPS) is 25.9. The first-order valence-corrected chi connectivity index (χ1v) is 14.7. The van der Waals surface area contributed by atoms with Gasteiger partial charge >= 0.3 is 130 Å². The third kappa shape index (κ3) is 6.21. The molecule has 0 unspecified atom stereocenters. The summed E-state index contributed by atoms with van der Waals surface area (Å²) in [6.07, 6.45) is -8.08. The zero-order chi connectivity index (χ0) is 56.4. The van der Waals surface area contributed by atoms with Gasteiger partial charge in [0, 0.05) is 5.57 Å². The molecule has 1 rings (SSSR count). The van der Waals surface area contributed by atoms with Gasteiger partial charge < -0.3 is 4.74 Å². The van der Waals surface area contributed by atoms with Crippen molar-refractivity contribution in [1.29, 1.82) is 0 Å². The largest absolute Gasteiger partial charge is 0.473 e. The van der Waals surface area contributed by atoms with Crippen LogP contribution in [0.3, 0.4) is 0 Å². The maximum atomic E-state index is 15.6. The second kappa shape index (κ2) is 14.7. The molecule has 1 fully saturated rings. The number of carbonyl (C=O) groups excluding carboxylic acids is 1. The van der Waals surface area contributed by atoms with E-state index in [0.717, 1.165) is 0 Å². The molecule has 0 heterocycles. The molecule has 43 heteroatoms. The number of alkyl halides is 41. The van der Waals surface area contributed by atoms with E-state index in [-0.39, 0.29) is 6.92 Å². The van der Waals surface area contributed by atoms with E-state index >= 15 is 4.39 Å². The number of ether oxygens (including phenoxy) is 1. The van der Waals surface area contributed by atoms with E-state index in [0.29, 0.717) is 0 Å². The molecule has 0 saturated heterocycles. The minimum atomic E-state index is -11.9. The molecule has 1 aliphatic rings. The molecule has 0 amide bonds. The third-order valence-corrected chi connectivity index (χ3v) is 8.94. The first-order chi connectivity index (χ1) is 28.6. The second-order valence-electron chi connectivity index (χ2n) is 13.3. The number of hydrogen-bond acceptors (Lipinski definition) is 2. The highest BCUT2D eigenvalue weighted by Gasteiger charge is 3.08. The first-order valence-electron chi connectivity index (χ1n) is 14.7. The molecule has 0 spiro atoms. The smallest absolute Gasteiger partial charge is 0.393 e. The van der Waals surface area contributed by atoms with Gasteiger partial charge in [-0.05, 0) is 6.92 Å². The van der Waals surface area contributed by atoms with Crippen molar-refractivity contribution in [1.82, 2.24) is 0 Å². The molecule has 0 aromatic rings. The van der Waals surface area contributed by atoms with Gasteiger partial charge in [-0.3, -0.25) is 0 Å². The number of rotatable bonds is 11. The fourth-order valence-electron chi connectivity index (χ4n) is 4.65. The third-order valence-electron chi connectivity index (χ3n) is 8.94. The zero-order valence-corrected chi connectivity index (χ0v) is 29.5. The Morgan fingerprint density at radius 1 is 0.309 bits per heavy atom. The molecule has 404 valence electrons. The summed E-state index contributed by atoms with van der Waals surface area (Å²) < 4.78 is 587. The van der Waals surface area contributed by atoms with Crippen LogP contribution < -0.4 is 0 Å². The summed E-state index contributed by atoms with van der Waals surface area (Å²) in [5.41, 5.74) is -13.8. The van der Waals surface area contributed by atoms with Crippen LogP contribution in [0.5, 0.6) is 0 Å². The van der Waals surface area contributed by atoms with E-state index in [9.17, 15) is 180 Å². The van der Waals surface area contributed by atoms with Gasteiger partial charge in [-0.15, -0.1) is 0 Å². The van der Waals surface area contributed by atoms with Gasteiger partial charge in [-0.1, -0.05) is 6.58 Å². The Kier molecular flexibility index (Phi) is 13.5. The fraction of sp³-hybridized carbons (Fsp3) is 0.880. The Morgan fingerprint density at radius 2 is 0.471 bits per heavy atom. The van der Waals surface area contributed by atoms with Gasteiger partial charge in [0.15, 0.2) is 0 Å². The van der Waals surface area contributed by atoms with E-state index in [1.165, 1.54) is 0 Å². The van der Waals surface area contributed by atoms with Gasteiger partial charge in [-0.2, -0.15) is 176 Å². The lowest BCUT2D eigenvalue weighted by Crippen LogP contribution is -2.88. The molecule has 0 atom stereocenters. The van der Waals surface area contributed by atoms with E-state index < -0.39 is 136 Å². The summed E-state index contributed by atoms with van der Waals surface area (Å²) in [6.45, 7) is 2.13. The van der Waals surface area contributed by atoms with Crippen molar-refractivity contribution in [2.24, 2.45) is 0 Å². The van der Waals surface area contributed by atoms with E-state index in [2.05, 4.69) is 6.58 Å². The molecule has 68 heavy (non-hydrogen) atoms. The van der Waals surface area contributed by atoms with Crippen LogP contribution in [0.4, 0.5) is 180 Å². The lowest BCUT2D eigenvalue weighted by atomic mass is 9.70. The molecular formula is C25H5F41O2. The number of carbonyl (C=O) groups is 1. The Morgan fingerprint density at radius 3 is 0.662 bits per heavy atom. The van der Waals surface area contributed by atoms with E-state index in [1.54, 1.807) is 0 Å². The van der Waals surface area contributed by atoms with Gasteiger partial charge in [0.2, 0.25) is 0 Å². The first kappa shape index (κ1) is 62.4. The minimum Gasteiger partial charge on any atom is -0.393 e. The van der Waals surface area contributed by atoms with Gasteiger partial charge in [-0.25, -0.2) is 9.18 Å². The highest BCUT2D eigenvalue weighted by atomic mass is 19.4. The molecule has 0 radical (unpaired) electrons. The molecular weight excluding hydrogens is 1110 g/mol. The molecule has 2 nitrogen and oxygen atoms in total. The molecule has 1 aliphatic carbocycles. The Labute approximate surface area is 340 Å². The van der Waals surface area contributed by atoms with E-state index in [1.807, 2.05) is 4.74 Å². The quantitative estimate of drug-likeness (QED) is 0.117. The maximum Gasteiger partial charge on any atom is 0.473 e. The van der Waals surface area contributed by atoms with Gasteiger partial charge in [0.1, 0.15) is 0 Å². The van der Waals surface area contributed by atoms with Gasteiger partial charge in [0.25, 0.3) is 0 Å². The van der Waals surface area contributed by atoms with Crippen molar-refractivity contribution in [2.75, 3.05) is 0 Å². The van der Waals surface area contributed by atoms with Crippen molar-refractivity contribution in [3.63, 3.8) is 0 Å². The highest BCUT2D eigenvalue weighted by Crippen LogP contribution is 2.76. The summed E-state index contributed by atoms with van der Waals surface area (Å²) >= 11 is 0. The van der Waals surface area contributed by atoms with Crippen LogP contribution in [0.15, 0.2) is 12.2 Å². The van der Waals surface area contributed by atoms with Crippen LogP contribution in [0.1, 0.15) is 6.92 Å².